The average molecular weight is 474 g/mol. The molecule has 1 fully saturated rings. The molecule has 4 aromatic rings. The quantitative estimate of drug-likeness (QED) is 0.258. The molecule has 3 nitrogen and oxygen atoms in total. The molecule has 0 aromatic heterocycles. The van der Waals surface area contributed by atoms with Crippen LogP contribution >= 0.6 is 0 Å². The Morgan fingerprint density at radius 1 is 0.778 bits per heavy atom. The highest BCUT2D eigenvalue weighted by molar-refractivity contribution is 6.05. The first-order valence-electron chi connectivity index (χ1n) is 12.5. The second kappa shape index (κ2) is 10.7. The van der Waals surface area contributed by atoms with E-state index in [1.165, 1.54) is 5.56 Å². The van der Waals surface area contributed by atoms with Gasteiger partial charge in [-0.25, -0.2) is 0 Å². The molecular weight excluding hydrogens is 442 g/mol. The highest BCUT2D eigenvalue weighted by atomic mass is 16.5. The van der Waals surface area contributed by atoms with E-state index >= 15 is 0 Å². The van der Waals surface area contributed by atoms with Crippen LogP contribution < -0.4 is 9.64 Å². The van der Waals surface area contributed by atoms with Gasteiger partial charge in [0.25, 0.3) is 0 Å². The highest BCUT2D eigenvalue weighted by Crippen LogP contribution is 2.43. The standard InChI is InChI=1S/C33H31NO2/c1-36-31-21-19-28(20-22-31)33(24-26-12-5-2-6-13-26)23-11-14-27(32(33)35)25-34(29-15-7-3-8-16-29)30-17-9-4-10-18-30/h2-10,12-13,15-22,25H,11,14,23-24H2,1H3/b27-25+/t33-/m0/s1. The maximum atomic E-state index is 14.5. The molecule has 0 aliphatic heterocycles. The molecule has 3 heteroatoms. The summed E-state index contributed by atoms with van der Waals surface area (Å²) in [6, 6.07) is 38.9. The number of nitrogens with zero attached hydrogens (tertiary/aromatic N) is 1. The number of carbonyl (C=O) groups is 1. The van der Waals surface area contributed by atoms with E-state index in [-0.39, 0.29) is 5.78 Å². The van der Waals surface area contributed by atoms with Crippen LogP contribution in [0.5, 0.6) is 5.75 Å². The van der Waals surface area contributed by atoms with Crippen molar-refractivity contribution in [2.24, 2.45) is 0 Å². The first kappa shape index (κ1) is 23.6. The van der Waals surface area contributed by atoms with E-state index in [9.17, 15) is 4.79 Å². The molecule has 180 valence electrons. The third kappa shape index (κ3) is 4.83. The van der Waals surface area contributed by atoms with E-state index in [4.69, 9.17) is 4.74 Å². The minimum absolute atomic E-state index is 0.208. The Bertz CT molecular complexity index is 1280. The number of methoxy groups -OCH3 is 1. The highest BCUT2D eigenvalue weighted by Gasteiger charge is 2.44. The van der Waals surface area contributed by atoms with Gasteiger partial charge in [0.05, 0.1) is 12.5 Å². The molecule has 1 aliphatic carbocycles. The lowest BCUT2D eigenvalue weighted by Gasteiger charge is -2.38. The molecule has 1 saturated carbocycles. The van der Waals surface area contributed by atoms with Crippen molar-refractivity contribution in [3.05, 3.63) is 138 Å². The normalized spacial score (nSPS) is 18.7. The number of Topliss-reactive ketones (excluding diaryl/α,β-unsaturated/α-hetero) is 1. The number of allylic oxidation sites excluding steroid dienone is 1. The van der Waals surface area contributed by atoms with Crippen LogP contribution in [-0.2, 0) is 16.6 Å². The number of ketones is 1. The minimum Gasteiger partial charge on any atom is -0.497 e. The van der Waals surface area contributed by atoms with Crippen molar-refractivity contribution >= 4 is 17.2 Å². The fourth-order valence-corrected chi connectivity index (χ4v) is 5.27. The first-order valence-corrected chi connectivity index (χ1v) is 12.5. The van der Waals surface area contributed by atoms with E-state index in [1.54, 1.807) is 7.11 Å². The fraction of sp³-hybridized carbons (Fsp3) is 0.182. The number of hydrogen-bond acceptors (Lipinski definition) is 3. The topological polar surface area (TPSA) is 29.5 Å². The Kier molecular flexibility index (Phi) is 6.99. The number of rotatable bonds is 7. The van der Waals surface area contributed by atoms with Gasteiger partial charge in [-0.3, -0.25) is 4.79 Å². The van der Waals surface area contributed by atoms with E-state index in [1.807, 2.05) is 66.7 Å². The second-order valence-electron chi connectivity index (χ2n) is 9.35. The van der Waals surface area contributed by atoms with Crippen LogP contribution in [0.25, 0.3) is 0 Å². The van der Waals surface area contributed by atoms with Crippen LogP contribution in [0.4, 0.5) is 11.4 Å². The summed E-state index contributed by atoms with van der Waals surface area (Å²) in [4.78, 5) is 16.6. The molecule has 4 aromatic carbocycles. The van der Waals surface area contributed by atoms with Crippen LogP contribution in [0, 0.1) is 0 Å². The zero-order chi connectivity index (χ0) is 24.8. The van der Waals surface area contributed by atoms with Crippen molar-refractivity contribution in [2.75, 3.05) is 12.0 Å². The average Bonchev–Trinajstić information content (AvgIpc) is 2.95. The Balaban J connectivity index is 1.60. The van der Waals surface area contributed by atoms with Gasteiger partial charge in [-0.1, -0.05) is 78.9 Å². The predicted molar refractivity (Wildman–Crippen MR) is 147 cm³/mol. The van der Waals surface area contributed by atoms with Crippen LogP contribution in [0.15, 0.2) is 127 Å². The van der Waals surface area contributed by atoms with E-state index in [0.717, 1.165) is 47.5 Å². The Labute approximate surface area is 213 Å². The van der Waals surface area contributed by atoms with Gasteiger partial charge in [0.2, 0.25) is 0 Å². The zero-order valence-electron chi connectivity index (χ0n) is 20.6. The van der Waals surface area contributed by atoms with E-state index in [0.29, 0.717) is 6.42 Å². The summed E-state index contributed by atoms with van der Waals surface area (Å²) in [6.07, 6.45) is 5.28. The molecule has 0 saturated heterocycles. The van der Waals surface area contributed by atoms with Crippen molar-refractivity contribution in [1.82, 2.24) is 0 Å². The van der Waals surface area contributed by atoms with Gasteiger partial charge in [-0.05, 0) is 73.2 Å². The number of carbonyl (C=O) groups excluding carboxylic acids is 1. The summed E-state index contributed by atoms with van der Waals surface area (Å²) in [5, 5.41) is 0. The van der Waals surface area contributed by atoms with Crippen molar-refractivity contribution < 1.29 is 9.53 Å². The lowest BCUT2D eigenvalue weighted by atomic mass is 9.64. The van der Waals surface area contributed by atoms with Crippen molar-refractivity contribution in [1.29, 1.82) is 0 Å². The Morgan fingerprint density at radius 2 is 1.33 bits per heavy atom. The monoisotopic (exact) mass is 473 g/mol. The number of benzene rings is 4. The third-order valence-corrected chi connectivity index (χ3v) is 7.12. The zero-order valence-corrected chi connectivity index (χ0v) is 20.6. The molecule has 0 N–H and O–H groups in total. The summed E-state index contributed by atoms with van der Waals surface area (Å²) >= 11 is 0. The van der Waals surface area contributed by atoms with Crippen molar-refractivity contribution in [3.63, 3.8) is 0 Å². The fourth-order valence-electron chi connectivity index (χ4n) is 5.27. The smallest absolute Gasteiger partial charge is 0.171 e. The Hall–Kier alpha value is -4.11. The van der Waals surface area contributed by atoms with Crippen LogP contribution in [0.2, 0.25) is 0 Å². The van der Waals surface area contributed by atoms with Crippen molar-refractivity contribution in [3.8, 4) is 5.75 Å². The summed E-state index contributed by atoms with van der Waals surface area (Å²) < 4.78 is 5.40. The molecule has 0 bridgehead atoms. The molecule has 0 amide bonds. The number of hydrogen-bond donors (Lipinski definition) is 0. The molecule has 1 aliphatic rings. The van der Waals surface area contributed by atoms with Crippen molar-refractivity contribution in [2.45, 2.75) is 31.1 Å². The van der Waals surface area contributed by atoms with E-state index in [2.05, 4.69) is 59.6 Å². The SMILES string of the molecule is COc1ccc([C@@]2(Cc3ccccc3)CCC/C(=C\N(c3ccccc3)c3ccccc3)C2=O)cc1. The molecule has 1 atom stereocenters. The molecule has 0 radical (unpaired) electrons. The molecular formula is C33H31NO2. The van der Waals surface area contributed by atoms with Gasteiger partial charge >= 0.3 is 0 Å². The van der Waals surface area contributed by atoms with Crippen LogP contribution in [0.3, 0.4) is 0 Å². The number of anilines is 2. The van der Waals surface area contributed by atoms with Gasteiger partial charge in [0.15, 0.2) is 5.78 Å². The van der Waals surface area contributed by atoms with E-state index < -0.39 is 5.41 Å². The Morgan fingerprint density at radius 3 is 1.89 bits per heavy atom. The largest absolute Gasteiger partial charge is 0.497 e. The summed E-state index contributed by atoms with van der Waals surface area (Å²) in [5.74, 6) is 1.01. The molecule has 0 unspecified atom stereocenters. The van der Waals surface area contributed by atoms with Crippen LogP contribution in [0.1, 0.15) is 30.4 Å². The van der Waals surface area contributed by atoms with Gasteiger partial charge in [-0.15, -0.1) is 0 Å². The summed E-state index contributed by atoms with van der Waals surface area (Å²) in [5.41, 5.74) is 4.54. The second-order valence-corrected chi connectivity index (χ2v) is 9.35. The maximum absolute atomic E-state index is 14.5. The number of ether oxygens (including phenoxy) is 1. The van der Waals surface area contributed by atoms with Gasteiger partial charge in [-0.2, -0.15) is 0 Å². The number of para-hydroxylation sites is 2. The van der Waals surface area contributed by atoms with Gasteiger partial charge < -0.3 is 9.64 Å². The maximum Gasteiger partial charge on any atom is 0.171 e. The summed E-state index contributed by atoms with van der Waals surface area (Å²) in [7, 11) is 1.67. The molecule has 0 spiro atoms. The third-order valence-electron chi connectivity index (χ3n) is 7.12. The predicted octanol–water partition coefficient (Wildman–Crippen LogP) is 7.65. The van der Waals surface area contributed by atoms with Gasteiger partial charge in [0.1, 0.15) is 5.75 Å². The minimum atomic E-state index is -0.614. The summed E-state index contributed by atoms with van der Waals surface area (Å²) in [6.45, 7) is 0. The van der Waals surface area contributed by atoms with Crippen LogP contribution in [-0.4, -0.2) is 12.9 Å². The first-order chi connectivity index (χ1) is 17.7. The molecule has 5 rings (SSSR count). The molecule has 36 heavy (non-hydrogen) atoms. The lowest BCUT2D eigenvalue weighted by molar-refractivity contribution is -0.122. The lowest BCUT2D eigenvalue weighted by Crippen LogP contribution is -2.42. The van der Waals surface area contributed by atoms with Gasteiger partial charge in [0, 0.05) is 23.1 Å². The molecule has 0 heterocycles.